The van der Waals surface area contributed by atoms with E-state index in [0.29, 0.717) is 12.1 Å². The molecule has 0 unspecified atom stereocenters. The molecule has 3 nitrogen and oxygen atoms in total. The highest BCUT2D eigenvalue weighted by Gasteiger charge is 2.12. The summed E-state index contributed by atoms with van der Waals surface area (Å²) in [5.41, 5.74) is 0.352. The number of unbranched alkanes of at least 4 members (excludes halogenated alkanes) is 1. The minimum absolute atomic E-state index is 0.204. The number of aliphatic hydroxyl groups excluding tert-OH is 1. The van der Waals surface area contributed by atoms with Gasteiger partial charge in [-0.2, -0.15) is 0 Å². The van der Waals surface area contributed by atoms with E-state index < -0.39 is 11.9 Å². The Hall–Kier alpha value is -1.13. The maximum absolute atomic E-state index is 12.7. The number of aliphatic hydroxyl groups is 1. The lowest BCUT2D eigenvalue weighted by molar-refractivity contribution is 0.171. The minimum Gasteiger partial charge on any atom is -0.507 e. The average Bonchev–Trinajstić information content (AvgIpc) is 2.24. The molecular formula is C12H18FNO2. The molecule has 0 aromatic heterocycles. The first-order valence-electron chi connectivity index (χ1n) is 5.52. The molecule has 1 aromatic rings. The summed E-state index contributed by atoms with van der Waals surface area (Å²) < 4.78 is 12.7. The fourth-order valence-electron chi connectivity index (χ4n) is 1.45. The summed E-state index contributed by atoms with van der Waals surface area (Å²) in [6.45, 7) is 3.28. The van der Waals surface area contributed by atoms with Crippen molar-refractivity contribution in [1.29, 1.82) is 0 Å². The summed E-state index contributed by atoms with van der Waals surface area (Å²) in [5.74, 6) is -0.711. The SMILES string of the molecule is CCCCNC[C@H](O)c1ccc(F)cc1O. The van der Waals surface area contributed by atoms with Crippen molar-refractivity contribution in [3.63, 3.8) is 0 Å². The second-order valence-corrected chi connectivity index (χ2v) is 3.78. The van der Waals surface area contributed by atoms with Crippen LogP contribution in [-0.4, -0.2) is 23.3 Å². The van der Waals surface area contributed by atoms with Gasteiger partial charge in [0.2, 0.25) is 0 Å². The summed E-state index contributed by atoms with van der Waals surface area (Å²) >= 11 is 0. The van der Waals surface area contributed by atoms with Gasteiger partial charge in [0.25, 0.3) is 0 Å². The summed E-state index contributed by atoms with van der Waals surface area (Å²) in [7, 11) is 0. The van der Waals surface area contributed by atoms with Crippen LogP contribution in [-0.2, 0) is 0 Å². The van der Waals surface area contributed by atoms with Crippen LogP contribution in [0.1, 0.15) is 31.4 Å². The van der Waals surface area contributed by atoms with Crippen molar-refractivity contribution in [2.45, 2.75) is 25.9 Å². The standard InChI is InChI=1S/C12H18FNO2/c1-2-3-6-14-8-12(16)10-5-4-9(13)7-11(10)15/h4-5,7,12,14-16H,2-3,6,8H2,1H3/t12-/m0/s1. The normalized spacial score (nSPS) is 12.7. The van der Waals surface area contributed by atoms with Crippen molar-refractivity contribution in [1.82, 2.24) is 5.32 Å². The first-order chi connectivity index (χ1) is 7.65. The number of aromatic hydroxyl groups is 1. The molecule has 0 saturated heterocycles. The van der Waals surface area contributed by atoms with Gasteiger partial charge in [0.15, 0.2) is 0 Å². The quantitative estimate of drug-likeness (QED) is 0.651. The van der Waals surface area contributed by atoms with Crippen LogP contribution in [0, 0.1) is 5.82 Å². The molecule has 1 rings (SSSR count). The topological polar surface area (TPSA) is 52.5 Å². The van der Waals surface area contributed by atoms with Gasteiger partial charge in [0, 0.05) is 18.2 Å². The van der Waals surface area contributed by atoms with Crippen molar-refractivity contribution in [2.24, 2.45) is 0 Å². The predicted molar refractivity (Wildman–Crippen MR) is 60.8 cm³/mol. The maximum atomic E-state index is 12.7. The third-order valence-electron chi connectivity index (χ3n) is 2.40. The maximum Gasteiger partial charge on any atom is 0.126 e. The van der Waals surface area contributed by atoms with Crippen molar-refractivity contribution >= 4 is 0 Å². The van der Waals surface area contributed by atoms with Crippen LogP contribution in [0.3, 0.4) is 0 Å². The van der Waals surface area contributed by atoms with Crippen LogP contribution in [0.2, 0.25) is 0 Å². The molecule has 0 aliphatic carbocycles. The zero-order valence-electron chi connectivity index (χ0n) is 9.41. The Balaban J connectivity index is 2.49. The van der Waals surface area contributed by atoms with Crippen LogP contribution in [0.25, 0.3) is 0 Å². The Morgan fingerprint density at radius 3 is 2.81 bits per heavy atom. The molecule has 0 saturated carbocycles. The van der Waals surface area contributed by atoms with Gasteiger partial charge in [-0.15, -0.1) is 0 Å². The molecule has 0 bridgehead atoms. The largest absolute Gasteiger partial charge is 0.507 e. The summed E-state index contributed by atoms with van der Waals surface area (Å²) in [6, 6.07) is 3.63. The molecular weight excluding hydrogens is 209 g/mol. The van der Waals surface area contributed by atoms with Gasteiger partial charge < -0.3 is 15.5 Å². The molecule has 0 spiro atoms. The Bertz CT molecular complexity index is 331. The smallest absolute Gasteiger partial charge is 0.126 e. The van der Waals surface area contributed by atoms with Crippen molar-refractivity contribution in [3.05, 3.63) is 29.6 Å². The van der Waals surface area contributed by atoms with Gasteiger partial charge in [-0.25, -0.2) is 4.39 Å². The van der Waals surface area contributed by atoms with E-state index in [1.807, 2.05) is 0 Å². The van der Waals surface area contributed by atoms with Crippen molar-refractivity contribution < 1.29 is 14.6 Å². The Kier molecular flexibility index (Phi) is 5.22. The summed E-state index contributed by atoms with van der Waals surface area (Å²) in [5, 5.41) is 22.3. The molecule has 0 amide bonds. The lowest BCUT2D eigenvalue weighted by atomic mass is 10.1. The molecule has 0 fully saturated rings. The van der Waals surface area contributed by atoms with Crippen LogP contribution in [0.4, 0.5) is 4.39 Å². The molecule has 0 heterocycles. The molecule has 0 radical (unpaired) electrons. The van der Waals surface area contributed by atoms with Gasteiger partial charge in [-0.3, -0.25) is 0 Å². The second kappa shape index (κ2) is 6.45. The number of hydrogen-bond acceptors (Lipinski definition) is 3. The molecule has 1 aromatic carbocycles. The van der Waals surface area contributed by atoms with E-state index in [-0.39, 0.29) is 5.75 Å². The van der Waals surface area contributed by atoms with Crippen LogP contribution >= 0.6 is 0 Å². The van der Waals surface area contributed by atoms with Gasteiger partial charge in [0.05, 0.1) is 6.10 Å². The third-order valence-corrected chi connectivity index (χ3v) is 2.40. The van der Waals surface area contributed by atoms with Gasteiger partial charge in [-0.05, 0) is 25.1 Å². The Morgan fingerprint density at radius 2 is 2.19 bits per heavy atom. The van der Waals surface area contributed by atoms with E-state index in [9.17, 15) is 14.6 Å². The molecule has 16 heavy (non-hydrogen) atoms. The highest BCUT2D eigenvalue weighted by atomic mass is 19.1. The number of phenols is 1. The lowest BCUT2D eigenvalue weighted by Gasteiger charge is -2.13. The monoisotopic (exact) mass is 227 g/mol. The highest BCUT2D eigenvalue weighted by Crippen LogP contribution is 2.24. The van der Waals surface area contributed by atoms with Crippen LogP contribution in [0.15, 0.2) is 18.2 Å². The first kappa shape index (κ1) is 12.9. The summed E-state index contributed by atoms with van der Waals surface area (Å²) in [6.07, 6.45) is 1.32. The highest BCUT2D eigenvalue weighted by molar-refractivity contribution is 5.34. The molecule has 1 atom stereocenters. The van der Waals surface area contributed by atoms with Gasteiger partial charge in [0.1, 0.15) is 11.6 Å². The minimum atomic E-state index is -0.808. The van der Waals surface area contributed by atoms with E-state index in [1.165, 1.54) is 12.1 Å². The van der Waals surface area contributed by atoms with Gasteiger partial charge in [-0.1, -0.05) is 13.3 Å². The number of phenolic OH excluding ortho intramolecular Hbond substituents is 1. The van der Waals surface area contributed by atoms with Crippen molar-refractivity contribution in [2.75, 3.05) is 13.1 Å². The third kappa shape index (κ3) is 3.79. The number of nitrogens with one attached hydrogen (secondary N) is 1. The number of hydrogen-bond donors (Lipinski definition) is 3. The molecule has 90 valence electrons. The average molecular weight is 227 g/mol. The molecule has 0 aliphatic rings. The predicted octanol–water partition coefficient (Wildman–Crippen LogP) is 1.95. The van der Waals surface area contributed by atoms with E-state index in [4.69, 9.17) is 0 Å². The Morgan fingerprint density at radius 1 is 1.44 bits per heavy atom. The number of rotatable bonds is 6. The zero-order chi connectivity index (χ0) is 12.0. The van der Waals surface area contributed by atoms with E-state index in [1.54, 1.807) is 0 Å². The molecule has 3 N–H and O–H groups in total. The van der Waals surface area contributed by atoms with E-state index in [0.717, 1.165) is 25.5 Å². The number of benzene rings is 1. The number of halogens is 1. The van der Waals surface area contributed by atoms with E-state index >= 15 is 0 Å². The Labute approximate surface area is 94.9 Å². The lowest BCUT2D eigenvalue weighted by Crippen LogP contribution is -2.22. The fraction of sp³-hybridized carbons (Fsp3) is 0.500. The van der Waals surface area contributed by atoms with Crippen LogP contribution < -0.4 is 5.32 Å². The molecule has 4 heteroatoms. The first-order valence-corrected chi connectivity index (χ1v) is 5.52. The van der Waals surface area contributed by atoms with E-state index in [2.05, 4.69) is 12.2 Å². The van der Waals surface area contributed by atoms with Crippen LogP contribution in [0.5, 0.6) is 5.75 Å². The van der Waals surface area contributed by atoms with Crippen molar-refractivity contribution in [3.8, 4) is 5.75 Å². The molecule has 0 aliphatic heterocycles. The fourth-order valence-corrected chi connectivity index (χ4v) is 1.45. The summed E-state index contributed by atoms with van der Waals surface area (Å²) in [4.78, 5) is 0. The second-order valence-electron chi connectivity index (χ2n) is 3.78. The zero-order valence-corrected chi connectivity index (χ0v) is 9.41. The van der Waals surface area contributed by atoms with Gasteiger partial charge >= 0.3 is 0 Å².